The van der Waals surface area contributed by atoms with Crippen LogP contribution in [0.4, 0.5) is 4.39 Å². The highest BCUT2D eigenvalue weighted by Gasteiger charge is 2.27. The van der Waals surface area contributed by atoms with Gasteiger partial charge in [-0.25, -0.2) is 12.8 Å². The second kappa shape index (κ2) is 6.42. The Morgan fingerprint density at radius 1 is 1.29 bits per heavy atom. The lowest BCUT2D eigenvalue weighted by atomic mass is 9.80. The summed E-state index contributed by atoms with van der Waals surface area (Å²) in [6.45, 7) is 4.40. The Bertz CT molecular complexity index is 635. The molecule has 1 saturated carbocycles. The zero-order valence-corrected chi connectivity index (χ0v) is 14.9. The van der Waals surface area contributed by atoms with E-state index in [1.54, 1.807) is 0 Å². The Morgan fingerprint density at radius 3 is 2.52 bits per heavy atom. The van der Waals surface area contributed by atoms with E-state index >= 15 is 0 Å². The number of halogens is 3. The quantitative estimate of drug-likeness (QED) is 0.691. The summed E-state index contributed by atoms with van der Waals surface area (Å²) in [6, 6.07) is 2.21. The molecular weight excluding hydrogens is 383 g/mol. The van der Waals surface area contributed by atoms with Crippen molar-refractivity contribution in [3.05, 3.63) is 22.4 Å². The topological polar surface area (TPSA) is 43.4 Å². The van der Waals surface area contributed by atoms with Crippen LogP contribution in [0.15, 0.2) is 21.5 Å². The van der Waals surface area contributed by atoms with Crippen LogP contribution in [0.2, 0.25) is 0 Å². The van der Waals surface area contributed by atoms with Gasteiger partial charge in [0, 0.05) is 16.7 Å². The zero-order chi connectivity index (χ0) is 15.8. The van der Waals surface area contributed by atoms with Gasteiger partial charge in [0.15, 0.2) is 0 Å². The van der Waals surface area contributed by atoms with Crippen molar-refractivity contribution in [2.45, 2.75) is 44.1 Å². The number of benzene rings is 1. The molecule has 0 heterocycles. The van der Waals surface area contributed by atoms with E-state index in [0.717, 1.165) is 31.4 Å². The molecule has 1 aliphatic carbocycles. The minimum Gasteiger partial charge on any atom is -0.489 e. The molecule has 0 spiro atoms. The van der Waals surface area contributed by atoms with Crippen LogP contribution in [0.1, 0.15) is 33.1 Å². The number of ether oxygens (including phenoxy) is 1. The maximum absolute atomic E-state index is 13.9. The van der Waals surface area contributed by atoms with Gasteiger partial charge in [0.2, 0.25) is 0 Å². The third-order valence-electron chi connectivity index (χ3n) is 4.09. The summed E-state index contributed by atoms with van der Waals surface area (Å²) < 4.78 is 42.6. The van der Waals surface area contributed by atoms with E-state index in [1.165, 1.54) is 0 Å². The minimum absolute atomic E-state index is 0.0189. The summed E-state index contributed by atoms with van der Waals surface area (Å²) in [5, 5.41) is 0. The fourth-order valence-electron chi connectivity index (χ4n) is 2.57. The van der Waals surface area contributed by atoms with Crippen LogP contribution < -0.4 is 4.74 Å². The molecule has 1 aromatic rings. The molecule has 118 valence electrons. The van der Waals surface area contributed by atoms with Crippen molar-refractivity contribution < 1.29 is 17.5 Å². The van der Waals surface area contributed by atoms with Crippen molar-refractivity contribution in [2.75, 3.05) is 0 Å². The van der Waals surface area contributed by atoms with Crippen LogP contribution in [-0.2, 0) is 9.05 Å². The van der Waals surface area contributed by atoms with E-state index < -0.39 is 19.8 Å². The standard InChI is InChI=1S/C14H17BrClFO3S/c1-8-3-4-10(5-9(8)2)20-13-7-12(17)14(6-11(13)15)21(16,18)19/h6-10H,3-5H2,1-2H3. The van der Waals surface area contributed by atoms with Crippen LogP contribution in [0.3, 0.4) is 0 Å². The van der Waals surface area contributed by atoms with Crippen LogP contribution in [-0.4, -0.2) is 14.5 Å². The molecule has 7 heteroatoms. The van der Waals surface area contributed by atoms with Crippen molar-refractivity contribution in [3.63, 3.8) is 0 Å². The van der Waals surface area contributed by atoms with Gasteiger partial charge in [0.05, 0.1) is 10.6 Å². The lowest BCUT2D eigenvalue weighted by molar-refractivity contribution is 0.0995. The van der Waals surface area contributed by atoms with E-state index in [0.29, 0.717) is 22.1 Å². The molecule has 0 N–H and O–H groups in total. The van der Waals surface area contributed by atoms with Crippen molar-refractivity contribution in [2.24, 2.45) is 11.8 Å². The van der Waals surface area contributed by atoms with Gasteiger partial charge in [-0.3, -0.25) is 0 Å². The first-order valence-electron chi connectivity index (χ1n) is 6.79. The van der Waals surface area contributed by atoms with E-state index in [-0.39, 0.29) is 6.10 Å². The third-order valence-corrected chi connectivity index (χ3v) is 6.05. The fourth-order valence-corrected chi connectivity index (χ4v) is 4.07. The van der Waals surface area contributed by atoms with Crippen LogP contribution in [0.5, 0.6) is 5.75 Å². The summed E-state index contributed by atoms with van der Waals surface area (Å²) >= 11 is 3.21. The normalized spacial score (nSPS) is 26.6. The average Bonchev–Trinajstić information content (AvgIpc) is 2.36. The highest BCUT2D eigenvalue weighted by atomic mass is 79.9. The lowest BCUT2D eigenvalue weighted by Crippen LogP contribution is -2.28. The number of hydrogen-bond donors (Lipinski definition) is 0. The molecule has 2 rings (SSSR count). The maximum atomic E-state index is 13.9. The van der Waals surface area contributed by atoms with Crippen molar-refractivity contribution in [3.8, 4) is 5.75 Å². The van der Waals surface area contributed by atoms with Gasteiger partial charge < -0.3 is 4.74 Å². The molecule has 1 aliphatic rings. The van der Waals surface area contributed by atoms with Crippen molar-refractivity contribution in [1.29, 1.82) is 0 Å². The van der Waals surface area contributed by atoms with Crippen molar-refractivity contribution in [1.82, 2.24) is 0 Å². The van der Waals surface area contributed by atoms with Gasteiger partial charge in [-0.1, -0.05) is 13.8 Å². The summed E-state index contributed by atoms with van der Waals surface area (Å²) in [7, 11) is 1.08. The molecule has 0 radical (unpaired) electrons. The molecule has 0 amide bonds. The third kappa shape index (κ3) is 4.11. The summed E-state index contributed by atoms with van der Waals surface area (Å²) in [5.74, 6) is 0.618. The molecule has 1 fully saturated rings. The predicted octanol–water partition coefficient (Wildman–Crippen LogP) is 4.72. The molecular formula is C14H17BrClFO3S. The first-order valence-corrected chi connectivity index (χ1v) is 9.89. The van der Waals surface area contributed by atoms with Gasteiger partial charge in [0.25, 0.3) is 9.05 Å². The van der Waals surface area contributed by atoms with Gasteiger partial charge in [0.1, 0.15) is 16.5 Å². The van der Waals surface area contributed by atoms with Gasteiger partial charge in [-0.15, -0.1) is 0 Å². The lowest BCUT2D eigenvalue weighted by Gasteiger charge is -2.32. The molecule has 0 aliphatic heterocycles. The summed E-state index contributed by atoms with van der Waals surface area (Å²) in [5.41, 5.74) is 0. The Hall–Kier alpha value is -0.330. The first kappa shape index (κ1) is 17.0. The maximum Gasteiger partial charge on any atom is 0.264 e. The Labute approximate surface area is 137 Å². The van der Waals surface area contributed by atoms with E-state index in [9.17, 15) is 12.8 Å². The monoisotopic (exact) mass is 398 g/mol. The SMILES string of the molecule is CC1CCC(Oc2cc(F)c(S(=O)(=O)Cl)cc2Br)CC1C. The molecule has 3 unspecified atom stereocenters. The molecule has 3 atom stereocenters. The largest absolute Gasteiger partial charge is 0.489 e. The van der Waals surface area contributed by atoms with Crippen LogP contribution >= 0.6 is 26.6 Å². The zero-order valence-electron chi connectivity index (χ0n) is 11.8. The van der Waals surface area contributed by atoms with E-state index in [4.69, 9.17) is 15.4 Å². The predicted molar refractivity (Wildman–Crippen MR) is 83.7 cm³/mol. The van der Waals surface area contributed by atoms with Gasteiger partial charge >= 0.3 is 0 Å². The second-order valence-corrected chi connectivity index (χ2v) is 9.05. The number of rotatable bonds is 3. The molecule has 3 nitrogen and oxygen atoms in total. The molecule has 21 heavy (non-hydrogen) atoms. The smallest absolute Gasteiger partial charge is 0.264 e. The van der Waals surface area contributed by atoms with Crippen LogP contribution in [0, 0.1) is 17.7 Å². The van der Waals surface area contributed by atoms with Gasteiger partial charge in [-0.05, 0) is 53.1 Å². The molecule has 0 saturated heterocycles. The highest BCUT2D eigenvalue weighted by molar-refractivity contribution is 9.10. The number of hydrogen-bond acceptors (Lipinski definition) is 3. The summed E-state index contributed by atoms with van der Waals surface area (Å²) in [6.07, 6.45) is 2.91. The Morgan fingerprint density at radius 2 is 1.95 bits per heavy atom. The Kier molecular flexibility index (Phi) is 5.21. The van der Waals surface area contributed by atoms with E-state index in [1.807, 2.05) is 0 Å². The first-order chi connectivity index (χ1) is 9.68. The second-order valence-electron chi connectivity index (χ2n) is 5.66. The molecule has 1 aromatic carbocycles. The minimum atomic E-state index is -4.11. The van der Waals surface area contributed by atoms with Crippen LogP contribution in [0.25, 0.3) is 0 Å². The van der Waals surface area contributed by atoms with E-state index in [2.05, 4.69) is 29.8 Å². The fraction of sp³-hybridized carbons (Fsp3) is 0.571. The van der Waals surface area contributed by atoms with Crippen molar-refractivity contribution >= 4 is 35.7 Å². The Balaban J connectivity index is 2.20. The van der Waals surface area contributed by atoms with Gasteiger partial charge in [-0.2, -0.15) is 0 Å². The molecule has 0 bridgehead atoms. The average molecular weight is 400 g/mol. The molecule has 0 aromatic heterocycles. The summed E-state index contributed by atoms with van der Waals surface area (Å²) in [4.78, 5) is -0.547. The highest BCUT2D eigenvalue weighted by Crippen LogP contribution is 2.36.